The predicted molar refractivity (Wildman–Crippen MR) is 127 cm³/mol. The molecule has 1 unspecified atom stereocenters. The number of amides is 2. The third kappa shape index (κ3) is 7.41. The molecule has 2 amide bonds. The number of Topliss-reactive ketones (excluding diaryl/α,β-unsaturated/α-hetero) is 1. The van der Waals surface area contributed by atoms with E-state index in [4.69, 9.17) is 10.5 Å². The van der Waals surface area contributed by atoms with Crippen LogP contribution in [0.2, 0.25) is 0 Å². The maximum absolute atomic E-state index is 12.8. The van der Waals surface area contributed by atoms with Crippen molar-refractivity contribution < 1.29 is 23.9 Å². The van der Waals surface area contributed by atoms with E-state index in [1.807, 2.05) is 6.07 Å². The van der Waals surface area contributed by atoms with Crippen LogP contribution in [0.15, 0.2) is 84.9 Å². The quantitative estimate of drug-likeness (QED) is 0.337. The third-order valence-electron chi connectivity index (χ3n) is 5.16. The number of nitrogens with two attached hydrogens (primary N) is 1. The molecule has 0 aliphatic carbocycles. The first-order chi connectivity index (χ1) is 16.4. The number of hydrogen-bond acceptors (Lipinski definition) is 5. The number of carbonyl (C=O) groups excluding carboxylic acids is 4. The van der Waals surface area contributed by atoms with Gasteiger partial charge in [0.15, 0.2) is 5.78 Å². The first-order valence-electron chi connectivity index (χ1n) is 11.0. The molecule has 0 saturated carbocycles. The molecule has 34 heavy (non-hydrogen) atoms. The second-order valence-corrected chi connectivity index (χ2v) is 7.78. The normalized spacial score (nSPS) is 11.3. The summed E-state index contributed by atoms with van der Waals surface area (Å²) in [5, 5.41) is 2.80. The van der Waals surface area contributed by atoms with Crippen molar-refractivity contribution >= 4 is 23.6 Å². The molecule has 7 heteroatoms. The van der Waals surface area contributed by atoms with Crippen LogP contribution in [0.25, 0.3) is 0 Å². The van der Waals surface area contributed by atoms with E-state index in [1.54, 1.807) is 78.9 Å². The molecule has 3 N–H and O–H groups in total. The lowest BCUT2D eigenvalue weighted by molar-refractivity contribution is -0.121. The summed E-state index contributed by atoms with van der Waals surface area (Å²) in [6.45, 7) is 0. The smallest absolute Gasteiger partial charge is 0.343 e. The zero-order chi connectivity index (χ0) is 24.3. The molecule has 174 valence electrons. The Hall–Kier alpha value is -4.26. The molecule has 0 fully saturated rings. The van der Waals surface area contributed by atoms with Gasteiger partial charge < -0.3 is 15.8 Å². The van der Waals surface area contributed by atoms with Crippen LogP contribution in [0.5, 0.6) is 5.75 Å². The van der Waals surface area contributed by atoms with E-state index in [1.165, 1.54) is 0 Å². The van der Waals surface area contributed by atoms with Gasteiger partial charge >= 0.3 is 5.97 Å². The maximum atomic E-state index is 12.8. The lowest BCUT2D eigenvalue weighted by Crippen LogP contribution is -2.42. The van der Waals surface area contributed by atoms with Crippen molar-refractivity contribution in [1.82, 2.24) is 5.32 Å². The predicted octanol–water partition coefficient (Wildman–Crippen LogP) is 3.47. The van der Waals surface area contributed by atoms with Crippen LogP contribution < -0.4 is 15.8 Å². The molecule has 3 aromatic rings. The number of rotatable bonds is 11. The standard InChI is InChI=1S/C27H26N2O5/c28-25(31)13-7-12-24(30)23(29-26(32)20-8-3-1-4-9-20)18-19-14-16-22(17-15-19)34-27(33)21-10-5-2-6-11-21/h1-6,8-11,14-17,23H,7,12-13,18H2,(H2,28,31)(H,29,32). The fourth-order valence-electron chi connectivity index (χ4n) is 3.36. The van der Waals surface area contributed by atoms with E-state index in [-0.39, 0.29) is 31.0 Å². The average Bonchev–Trinajstić information content (AvgIpc) is 2.85. The molecule has 0 bridgehead atoms. The molecule has 0 saturated heterocycles. The lowest BCUT2D eigenvalue weighted by Gasteiger charge is -2.18. The Kier molecular flexibility index (Phi) is 8.68. The number of ketones is 1. The van der Waals surface area contributed by atoms with E-state index < -0.39 is 17.9 Å². The largest absolute Gasteiger partial charge is 0.423 e. The molecule has 3 aromatic carbocycles. The van der Waals surface area contributed by atoms with Crippen LogP contribution >= 0.6 is 0 Å². The summed E-state index contributed by atoms with van der Waals surface area (Å²) in [5.74, 6) is -1.12. The van der Waals surface area contributed by atoms with Gasteiger partial charge in [-0.05, 0) is 54.8 Å². The Morgan fingerprint density at radius 1 is 0.765 bits per heavy atom. The lowest BCUT2D eigenvalue weighted by atomic mass is 9.98. The van der Waals surface area contributed by atoms with Gasteiger partial charge in [-0.15, -0.1) is 0 Å². The van der Waals surface area contributed by atoms with Gasteiger partial charge in [0.2, 0.25) is 5.91 Å². The summed E-state index contributed by atoms with van der Waals surface area (Å²) in [5.41, 5.74) is 6.83. The van der Waals surface area contributed by atoms with Crippen LogP contribution in [-0.4, -0.2) is 29.6 Å². The van der Waals surface area contributed by atoms with Crippen molar-refractivity contribution in [3.05, 3.63) is 102 Å². The topological polar surface area (TPSA) is 116 Å². The number of hydrogen-bond donors (Lipinski definition) is 2. The maximum Gasteiger partial charge on any atom is 0.343 e. The van der Waals surface area contributed by atoms with Crippen molar-refractivity contribution in [2.45, 2.75) is 31.7 Å². The van der Waals surface area contributed by atoms with Gasteiger partial charge in [-0.3, -0.25) is 14.4 Å². The molecule has 0 aromatic heterocycles. The Balaban J connectivity index is 1.67. The van der Waals surface area contributed by atoms with Gasteiger partial charge in [-0.1, -0.05) is 48.5 Å². The molecule has 0 aliphatic heterocycles. The van der Waals surface area contributed by atoms with Crippen molar-refractivity contribution in [3.8, 4) is 5.75 Å². The van der Waals surface area contributed by atoms with Crippen molar-refractivity contribution in [2.24, 2.45) is 5.73 Å². The van der Waals surface area contributed by atoms with E-state index in [0.29, 0.717) is 23.3 Å². The fraction of sp³-hybridized carbons (Fsp3) is 0.185. The number of esters is 1. The molecule has 1 atom stereocenters. The number of benzene rings is 3. The van der Waals surface area contributed by atoms with E-state index in [0.717, 1.165) is 5.56 Å². The Morgan fingerprint density at radius 3 is 1.94 bits per heavy atom. The second kappa shape index (κ2) is 12.1. The molecule has 3 rings (SSSR count). The van der Waals surface area contributed by atoms with Crippen LogP contribution in [-0.2, 0) is 16.0 Å². The minimum atomic E-state index is -0.779. The Morgan fingerprint density at radius 2 is 1.35 bits per heavy atom. The average molecular weight is 459 g/mol. The molecular formula is C27H26N2O5. The molecule has 0 radical (unpaired) electrons. The first-order valence-corrected chi connectivity index (χ1v) is 11.0. The molecule has 0 aliphatic rings. The Bertz CT molecular complexity index is 1130. The minimum absolute atomic E-state index is 0.104. The van der Waals surface area contributed by atoms with Gasteiger partial charge in [0.05, 0.1) is 11.6 Å². The highest BCUT2D eigenvalue weighted by Gasteiger charge is 2.22. The van der Waals surface area contributed by atoms with Crippen LogP contribution in [0, 0.1) is 0 Å². The number of ether oxygens (including phenoxy) is 1. The highest BCUT2D eigenvalue weighted by atomic mass is 16.5. The number of carbonyl (C=O) groups is 4. The third-order valence-corrected chi connectivity index (χ3v) is 5.16. The van der Waals surface area contributed by atoms with Gasteiger partial charge in [-0.25, -0.2) is 4.79 Å². The zero-order valence-corrected chi connectivity index (χ0v) is 18.6. The van der Waals surface area contributed by atoms with Gasteiger partial charge in [0.1, 0.15) is 5.75 Å². The van der Waals surface area contributed by atoms with Crippen molar-refractivity contribution in [2.75, 3.05) is 0 Å². The molecular weight excluding hydrogens is 432 g/mol. The monoisotopic (exact) mass is 458 g/mol. The highest BCUT2D eigenvalue weighted by Crippen LogP contribution is 2.16. The van der Waals surface area contributed by atoms with Gasteiger partial charge in [-0.2, -0.15) is 0 Å². The number of primary amides is 1. The van der Waals surface area contributed by atoms with Gasteiger partial charge in [0, 0.05) is 18.4 Å². The van der Waals surface area contributed by atoms with Gasteiger partial charge in [0.25, 0.3) is 5.91 Å². The van der Waals surface area contributed by atoms with Crippen molar-refractivity contribution in [3.63, 3.8) is 0 Å². The summed E-state index contributed by atoms with van der Waals surface area (Å²) >= 11 is 0. The van der Waals surface area contributed by atoms with Crippen LogP contribution in [0.1, 0.15) is 45.5 Å². The Labute approximate surface area is 197 Å². The van der Waals surface area contributed by atoms with Crippen LogP contribution in [0.4, 0.5) is 0 Å². The highest BCUT2D eigenvalue weighted by molar-refractivity contribution is 5.98. The summed E-state index contributed by atoms with van der Waals surface area (Å²) in [6, 6.07) is 23.3. The van der Waals surface area contributed by atoms with E-state index >= 15 is 0 Å². The molecule has 0 spiro atoms. The number of nitrogens with one attached hydrogen (secondary N) is 1. The van der Waals surface area contributed by atoms with Crippen LogP contribution in [0.3, 0.4) is 0 Å². The van der Waals surface area contributed by atoms with E-state index in [9.17, 15) is 19.2 Å². The fourth-order valence-corrected chi connectivity index (χ4v) is 3.36. The summed E-state index contributed by atoms with van der Waals surface area (Å²) in [7, 11) is 0. The zero-order valence-electron chi connectivity index (χ0n) is 18.6. The second-order valence-electron chi connectivity index (χ2n) is 7.78. The van der Waals surface area contributed by atoms with Crippen molar-refractivity contribution in [1.29, 1.82) is 0 Å². The van der Waals surface area contributed by atoms with E-state index in [2.05, 4.69) is 5.32 Å². The molecule has 7 nitrogen and oxygen atoms in total. The summed E-state index contributed by atoms with van der Waals surface area (Å²) in [6.07, 6.45) is 0.795. The first kappa shape index (κ1) is 24.4. The minimum Gasteiger partial charge on any atom is -0.423 e. The SMILES string of the molecule is NC(=O)CCCC(=O)C(Cc1ccc(OC(=O)c2ccccc2)cc1)NC(=O)c1ccccc1. The summed E-state index contributed by atoms with van der Waals surface area (Å²) < 4.78 is 5.39. The summed E-state index contributed by atoms with van der Waals surface area (Å²) in [4.78, 5) is 48.7. The molecule has 0 heterocycles.